The van der Waals surface area contributed by atoms with E-state index < -0.39 is 11.7 Å². The van der Waals surface area contributed by atoms with Gasteiger partial charge in [0.05, 0.1) is 0 Å². The van der Waals surface area contributed by atoms with Crippen molar-refractivity contribution in [3.05, 3.63) is 0 Å². The lowest BCUT2D eigenvalue weighted by Gasteiger charge is -2.23. The molecular weight excluding hydrogens is 268 g/mol. The summed E-state index contributed by atoms with van der Waals surface area (Å²) in [5.74, 6) is 0.882. The number of carbonyl (C=O) groups is 1. The Balaban J connectivity index is 4.30. The Hall–Kier alpha value is -1.46. The van der Waals surface area contributed by atoms with Crippen LogP contribution in [0.2, 0.25) is 0 Å². The number of nitrogens with zero attached hydrogens (tertiary/aromatic N) is 1. The molecule has 0 aliphatic heterocycles. The maximum Gasteiger partial charge on any atom is 0.407 e. The number of rotatable bonds is 7. The largest absolute Gasteiger partial charge is 0.444 e. The number of hydrogen-bond acceptors (Lipinski definition) is 3. The van der Waals surface area contributed by atoms with Crippen LogP contribution in [-0.4, -0.2) is 36.8 Å². The average Bonchev–Trinajstić information content (AvgIpc) is 2.31. The molecule has 0 aromatic carbocycles. The monoisotopic (exact) mass is 300 g/mol. The Bertz CT molecular complexity index is 335. The van der Waals surface area contributed by atoms with Crippen LogP contribution in [0, 0.1) is 5.92 Å². The molecule has 0 bridgehead atoms. The van der Waals surface area contributed by atoms with Crippen LogP contribution in [0.4, 0.5) is 4.79 Å². The van der Waals surface area contributed by atoms with Crippen molar-refractivity contribution in [2.45, 2.75) is 66.0 Å². The highest BCUT2D eigenvalue weighted by molar-refractivity contribution is 5.78. The van der Waals surface area contributed by atoms with Gasteiger partial charge in [0.2, 0.25) is 0 Å². The molecule has 0 spiro atoms. The van der Waals surface area contributed by atoms with Gasteiger partial charge >= 0.3 is 6.09 Å². The van der Waals surface area contributed by atoms with Gasteiger partial charge in [-0.15, -0.1) is 0 Å². The zero-order valence-corrected chi connectivity index (χ0v) is 14.3. The first-order valence-electron chi connectivity index (χ1n) is 7.67. The minimum Gasteiger partial charge on any atom is -0.444 e. The Morgan fingerprint density at radius 1 is 1.33 bits per heavy atom. The number of nitrogens with one attached hydrogen (secondary N) is 2. The van der Waals surface area contributed by atoms with Gasteiger partial charge in [-0.3, -0.25) is 4.99 Å². The lowest BCUT2D eigenvalue weighted by atomic mass is 10.1. The molecule has 0 saturated heterocycles. The van der Waals surface area contributed by atoms with E-state index in [0.717, 1.165) is 12.8 Å². The Kier molecular flexibility index (Phi) is 8.81. The second-order valence-corrected chi connectivity index (χ2v) is 6.63. The van der Waals surface area contributed by atoms with Gasteiger partial charge in [0.1, 0.15) is 5.60 Å². The number of hydrogen-bond donors (Lipinski definition) is 3. The number of ether oxygens (including phenoxy) is 1. The summed E-state index contributed by atoms with van der Waals surface area (Å²) in [6, 6.07) is -0.0300. The molecule has 6 nitrogen and oxygen atoms in total. The number of aliphatic imine (C=N–C) groups is 1. The molecule has 0 fully saturated rings. The Morgan fingerprint density at radius 2 is 1.95 bits per heavy atom. The molecule has 6 heteroatoms. The predicted octanol–water partition coefficient (Wildman–Crippen LogP) is 2.24. The molecule has 0 aliphatic rings. The maximum atomic E-state index is 11.8. The third-order valence-electron chi connectivity index (χ3n) is 2.51. The molecule has 0 saturated carbocycles. The van der Waals surface area contributed by atoms with Gasteiger partial charge in [-0.1, -0.05) is 27.2 Å². The van der Waals surface area contributed by atoms with Gasteiger partial charge in [0.25, 0.3) is 0 Å². The van der Waals surface area contributed by atoms with Crippen molar-refractivity contribution in [1.82, 2.24) is 10.6 Å². The summed E-state index contributed by atoms with van der Waals surface area (Å²) in [5.41, 5.74) is 5.30. The first-order valence-corrected chi connectivity index (χ1v) is 7.67. The normalized spacial score (nSPS) is 14.0. The van der Waals surface area contributed by atoms with Crippen molar-refractivity contribution in [2.75, 3.05) is 13.1 Å². The highest BCUT2D eigenvalue weighted by Crippen LogP contribution is 2.07. The van der Waals surface area contributed by atoms with Crippen molar-refractivity contribution >= 4 is 12.1 Å². The van der Waals surface area contributed by atoms with Crippen LogP contribution in [0.5, 0.6) is 0 Å². The summed E-state index contributed by atoms with van der Waals surface area (Å²) in [5, 5.41) is 5.91. The molecule has 0 heterocycles. The van der Waals surface area contributed by atoms with E-state index in [1.165, 1.54) is 0 Å². The average molecular weight is 300 g/mol. The molecule has 0 aromatic heterocycles. The first kappa shape index (κ1) is 19.5. The SMILES string of the molecule is CCCC(CNC(N)=NCC(C)C)NC(=O)OC(C)(C)C. The molecule has 0 aromatic rings. The molecule has 124 valence electrons. The standard InChI is InChI=1S/C15H32N4O2/c1-7-8-12(19-14(20)21-15(4,5)6)10-18-13(16)17-9-11(2)3/h11-12H,7-10H2,1-6H3,(H,19,20)(H3,16,17,18). The third-order valence-corrected chi connectivity index (χ3v) is 2.51. The van der Waals surface area contributed by atoms with Crippen LogP contribution >= 0.6 is 0 Å². The van der Waals surface area contributed by atoms with Crippen molar-refractivity contribution in [2.24, 2.45) is 16.6 Å². The van der Waals surface area contributed by atoms with E-state index >= 15 is 0 Å². The second kappa shape index (κ2) is 9.47. The quantitative estimate of drug-likeness (QED) is 0.497. The second-order valence-electron chi connectivity index (χ2n) is 6.63. The molecule has 0 radical (unpaired) electrons. The van der Waals surface area contributed by atoms with Crippen molar-refractivity contribution in [3.8, 4) is 0 Å². The zero-order chi connectivity index (χ0) is 16.5. The van der Waals surface area contributed by atoms with Crippen molar-refractivity contribution in [3.63, 3.8) is 0 Å². The number of nitrogens with two attached hydrogens (primary N) is 1. The molecular formula is C15H32N4O2. The summed E-state index contributed by atoms with van der Waals surface area (Å²) in [4.78, 5) is 16.0. The molecule has 1 atom stereocenters. The van der Waals surface area contributed by atoms with E-state index in [-0.39, 0.29) is 6.04 Å². The van der Waals surface area contributed by atoms with Gasteiger partial charge in [-0.2, -0.15) is 0 Å². The fraction of sp³-hybridized carbons (Fsp3) is 0.867. The fourth-order valence-electron chi connectivity index (χ4n) is 1.61. The smallest absolute Gasteiger partial charge is 0.407 e. The van der Waals surface area contributed by atoms with Crippen LogP contribution in [0.3, 0.4) is 0 Å². The van der Waals surface area contributed by atoms with E-state index in [4.69, 9.17) is 10.5 Å². The van der Waals surface area contributed by atoms with E-state index in [1.807, 2.05) is 20.8 Å². The highest BCUT2D eigenvalue weighted by atomic mass is 16.6. The summed E-state index contributed by atoms with van der Waals surface area (Å²) in [6.45, 7) is 13.0. The van der Waals surface area contributed by atoms with Crippen LogP contribution in [0.25, 0.3) is 0 Å². The number of alkyl carbamates (subject to hydrolysis) is 1. The third kappa shape index (κ3) is 12.0. The molecule has 4 N–H and O–H groups in total. The molecule has 1 amide bonds. The van der Waals surface area contributed by atoms with Gasteiger partial charge in [0.15, 0.2) is 5.96 Å². The van der Waals surface area contributed by atoms with Crippen LogP contribution in [0.1, 0.15) is 54.4 Å². The van der Waals surface area contributed by atoms with Crippen LogP contribution < -0.4 is 16.4 Å². The topological polar surface area (TPSA) is 88.7 Å². The van der Waals surface area contributed by atoms with Gasteiger partial charge < -0.3 is 21.1 Å². The first-order chi connectivity index (χ1) is 9.64. The zero-order valence-electron chi connectivity index (χ0n) is 14.3. The summed E-state index contributed by atoms with van der Waals surface area (Å²) < 4.78 is 5.26. The van der Waals surface area contributed by atoms with Gasteiger partial charge in [0, 0.05) is 19.1 Å². The van der Waals surface area contributed by atoms with Crippen LogP contribution in [0.15, 0.2) is 4.99 Å². The minimum absolute atomic E-state index is 0.0300. The lowest BCUT2D eigenvalue weighted by molar-refractivity contribution is 0.0502. The van der Waals surface area contributed by atoms with E-state index in [9.17, 15) is 4.79 Å². The van der Waals surface area contributed by atoms with Crippen LogP contribution in [-0.2, 0) is 4.74 Å². The van der Waals surface area contributed by atoms with E-state index in [0.29, 0.717) is 25.0 Å². The molecule has 21 heavy (non-hydrogen) atoms. The molecule has 1 unspecified atom stereocenters. The van der Waals surface area contributed by atoms with E-state index in [1.54, 1.807) is 0 Å². The Morgan fingerprint density at radius 3 is 2.43 bits per heavy atom. The Labute approximate surface area is 128 Å². The van der Waals surface area contributed by atoms with Gasteiger partial charge in [-0.05, 0) is 33.1 Å². The van der Waals surface area contributed by atoms with Gasteiger partial charge in [-0.25, -0.2) is 4.79 Å². The molecule has 0 aliphatic carbocycles. The maximum absolute atomic E-state index is 11.8. The summed E-state index contributed by atoms with van der Waals surface area (Å²) in [7, 11) is 0. The summed E-state index contributed by atoms with van der Waals surface area (Å²) in [6.07, 6.45) is 1.41. The minimum atomic E-state index is -0.494. The number of amides is 1. The number of guanidine groups is 1. The van der Waals surface area contributed by atoms with Crippen molar-refractivity contribution < 1.29 is 9.53 Å². The summed E-state index contributed by atoms with van der Waals surface area (Å²) >= 11 is 0. The fourth-order valence-corrected chi connectivity index (χ4v) is 1.61. The predicted molar refractivity (Wildman–Crippen MR) is 87.4 cm³/mol. The number of carbonyl (C=O) groups excluding carboxylic acids is 1. The van der Waals surface area contributed by atoms with E-state index in [2.05, 4.69) is 36.4 Å². The van der Waals surface area contributed by atoms with Crippen molar-refractivity contribution in [1.29, 1.82) is 0 Å². The lowest BCUT2D eigenvalue weighted by Crippen LogP contribution is -2.47. The highest BCUT2D eigenvalue weighted by Gasteiger charge is 2.19. The molecule has 0 rings (SSSR count).